The van der Waals surface area contributed by atoms with Crippen LogP contribution in [0.1, 0.15) is 49.4 Å². The van der Waals surface area contributed by atoms with Gasteiger partial charge in [0, 0.05) is 5.56 Å². The molecule has 1 aromatic carbocycles. The minimum absolute atomic E-state index is 0.181. The number of nitrogens with two attached hydrogens (primary N) is 1. The van der Waals surface area contributed by atoms with E-state index in [9.17, 15) is 4.79 Å². The molecule has 0 radical (unpaired) electrons. The zero-order valence-corrected chi connectivity index (χ0v) is 10.6. The molecular weight excluding hydrogens is 214 g/mol. The Hall–Kier alpha value is -1.35. The third-order valence-corrected chi connectivity index (χ3v) is 2.34. The molecule has 0 amide bonds. The van der Waals surface area contributed by atoms with Gasteiger partial charge >= 0.3 is 0 Å². The van der Waals surface area contributed by atoms with Crippen LogP contribution in [-0.4, -0.2) is 17.9 Å². The van der Waals surface area contributed by atoms with Gasteiger partial charge in [-0.2, -0.15) is 0 Å². The third-order valence-electron chi connectivity index (χ3n) is 2.34. The van der Waals surface area contributed by atoms with Crippen LogP contribution in [0.5, 0.6) is 5.75 Å². The highest BCUT2D eigenvalue weighted by atomic mass is 16.3. The molecule has 0 atom stereocenters. The van der Waals surface area contributed by atoms with Crippen molar-refractivity contribution in [2.75, 3.05) is 6.54 Å². The van der Waals surface area contributed by atoms with Crippen LogP contribution in [0.25, 0.3) is 0 Å². The highest BCUT2D eigenvalue weighted by Crippen LogP contribution is 2.07. The normalized spacial score (nSPS) is 9.29. The number of phenolic OH excluding ortho intramolecular Hbond substituents is 1. The summed E-state index contributed by atoms with van der Waals surface area (Å²) in [4.78, 5) is 10.0. The van der Waals surface area contributed by atoms with Gasteiger partial charge in [0.25, 0.3) is 0 Å². The lowest BCUT2D eigenvalue weighted by molar-refractivity contribution is 0.112. The second-order valence-corrected chi connectivity index (χ2v) is 3.91. The summed E-state index contributed by atoms with van der Waals surface area (Å²) in [7, 11) is 0. The van der Waals surface area contributed by atoms with Gasteiger partial charge in [0.05, 0.1) is 0 Å². The van der Waals surface area contributed by atoms with Crippen molar-refractivity contribution in [2.45, 2.75) is 39.0 Å². The Morgan fingerprint density at radius 1 is 1.12 bits per heavy atom. The van der Waals surface area contributed by atoms with E-state index in [0.717, 1.165) is 12.8 Å². The first-order chi connectivity index (χ1) is 8.24. The van der Waals surface area contributed by atoms with E-state index in [1.54, 1.807) is 12.1 Å². The van der Waals surface area contributed by atoms with Gasteiger partial charge in [0.1, 0.15) is 12.0 Å². The maximum atomic E-state index is 10.0. The summed E-state index contributed by atoms with van der Waals surface area (Å²) >= 11 is 0. The van der Waals surface area contributed by atoms with E-state index >= 15 is 0 Å². The van der Waals surface area contributed by atoms with Crippen molar-refractivity contribution in [3.63, 3.8) is 0 Å². The molecule has 0 aliphatic heterocycles. The predicted molar refractivity (Wildman–Crippen MR) is 71.3 cm³/mol. The van der Waals surface area contributed by atoms with Crippen molar-refractivity contribution in [2.24, 2.45) is 5.73 Å². The molecule has 0 heterocycles. The van der Waals surface area contributed by atoms with Crippen LogP contribution < -0.4 is 5.73 Å². The maximum Gasteiger partial charge on any atom is 0.150 e. The van der Waals surface area contributed by atoms with Gasteiger partial charge in [0.2, 0.25) is 0 Å². The maximum absolute atomic E-state index is 10.0. The van der Waals surface area contributed by atoms with Crippen molar-refractivity contribution < 1.29 is 9.90 Å². The van der Waals surface area contributed by atoms with Crippen LogP contribution in [0.3, 0.4) is 0 Å². The molecule has 1 aromatic rings. The topological polar surface area (TPSA) is 63.3 Å². The van der Waals surface area contributed by atoms with E-state index in [4.69, 9.17) is 10.8 Å². The summed E-state index contributed by atoms with van der Waals surface area (Å²) in [6.07, 6.45) is 7.34. The van der Waals surface area contributed by atoms with Crippen LogP contribution in [0.4, 0.5) is 0 Å². The average molecular weight is 237 g/mol. The smallest absolute Gasteiger partial charge is 0.150 e. The number of unbranched alkanes of at least 4 members (excludes halogenated alkanes) is 4. The average Bonchev–Trinajstić information content (AvgIpc) is 2.37. The first-order valence-electron chi connectivity index (χ1n) is 6.18. The van der Waals surface area contributed by atoms with Gasteiger partial charge in [-0.25, -0.2) is 0 Å². The Morgan fingerprint density at radius 2 is 1.71 bits per heavy atom. The summed E-state index contributed by atoms with van der Waals surface area (Å²) in [5, 5.41) is 8.74. The molecule has 3 nitrogen and oxygen atoms in total. The number of aldehydes is 1. The van der Waals surface area contributed by atoms with Crippen LogP contribution in [-0.2, 0) is 0 Å². The van der Waals surface area contributed by atoms with Crippen LogP contribution in [0.15, 0.2) is 24.3 Å². The summed E-state index contributed by atoms with van der Waals surface area (Å²) in [5.41, 5.74) is 5.89. The van der Waals surface area contributed by atoms with Gasteiger partial charge in [0.15, 0.2) is 0 Å². The predicted octanol–water partition coefficient (Wildman–Crippen LogP) is 3.12. The second-order valence-electron chi connectivity index (χ2n) is 3.91. The minimum atomic E-state index is 0.181. The number of carbonyl (C=O) groups excluding carboxylic acids is 1. The molecule has 0 spiro atoms. The van der Waals surface area contributed by atoms with Gasteiger partial charge in [-0.3, -0.25) is 4.79 Å². The molecule has 96 valence electrons. The molecule has 1 rings (SSSR count). The number of hydrogen-bond donors (Lipinski definition) is 2. The molecule has 0 saturated heterocycles. The Bertz CT molecular complexity index is 277. The third kappa shape index (κ3) is 9.57. The molecule has 0 bridgehead atoms. The molecular formula is C14H23NO2. The van der Waals surface area contributed by atoms with E-state index in [-0.39, 0.29) is 5.75 Å². The number of phenols is 1. The molecule has 0 fully saturated rings. The fourth-order valence-electron chi connectivity index (χ4n) is 1.30. The molecule has 0 unspecified atom stereocenters. The van der Waals surface area contributed by atoms with Crippen molar-refractivity contribution in [3.05, 3.63) is 29.8 Å². The molecule has 17 heavy (non-hydrogen) atoms. The molecule has 0 aliphatic rings. The fraction of sp³-hybridized carbons (Fsp3) is 0.500. The first-order valence-corrected chi connectivity index (χ1v) is 6.18. The number of benzene rings is 1. The Labute approximate surface area is 104 Å². The number of rotatable bonds is 6. The highest BCUT2D eigenvalue weighted by molar-refractivity contribution is 5.74. The van der Waals surface area contributed by atoms with Crippen LogP contribution >= 0.6 is 0 Å². The second kappa shape index (κ2) is 11.1. The summed E-state index contributed by atoms with van der Waals surface area (Å²) in [6.45, 7) is 3.09. The summed E-state index contributed by atoms with van der Waals surface area (Å²) in [5.74, 6) is 0.181. The number of aromatic hydroxyl groups is 1. The summed E-state index contributed by atoms with van der Waals surface area (Å²) in [6, 6.07) is 6.07. The standard InChI is InChI=1S/C7H17N.C7H6O2/c1-2-3-4-5-6-7-8;8-5-6-1-3-7(9)4-2-6/h2-8H2,1H3;1-5,9H. The molecule has 0 aromatic heterocycles. The molecule has 3 heteroatoms. The van der Waals surface area contributed by atoms with Crippen molar-refractivity contribution in [1.82, 2.24) is 0 Å². The Balaban J connectivity index is 0.000000304. The van der Waals surface area contributed by atoms with E-state index in [2.05, 4.69) is 6.92 Å². The molecule has 0 aliphatic carbocycles. The molecule has 0 saturated carbocycles. The number of carbonyl (C=O) groups is 1. The van der Waals surface area contributed by atoms with E-state index < -0.39 is 0 Å². The lowest BCUT2D eigenvalue weighted by Gasteiger charge is -1.93. The summed E-state index contributed by atoms with van der Waals surface area (Å²) < 4.78 is 0. The highest BCUT2D eigenvalue weighted by Gasteiger charge is 1.87. The minimum Gasteiger partial charge on any atom is -0.508 e. The SMILES string of the molecule is CCCCCCCN.O=Cc1ccc(O)cc1. The first kappa shape index (κ1) is 15.7. The monoisotopic (exact) mass is 237 g/mol. The van der Waals surface area contributed by atoms with Gasteiger partial charge in [-0.05, 0) is 37.2 Å². The fourth-order valence-corrected chi connectivity index (χ4v) is 1.30. The molecule has 3 N–H and O–H groups in total. The van der Waals surface area contributed by atoms with E-state index in [0.29, 0.717) is 5.56 Å². The zero-order valence-electron chi connectivity index (χ0n) is 10.6. The van der Waals surface area contributed by atoms with E-state index in [1.807, 2.05) is 0 Å². The zero-order chi connectivity index (χ0) is 12.9. The van der Waals surface area contributed by atoms with Gasteiger partial charge in [-0.15, -0.1) is 0 Å². The number of hydrogen-bond acceptors (Lipinski definition) is 3. The largest absolute Gasteiger partial charge is 0.508 e. The van der Waals surface area contributed by atoms with Crippen molar-refractivity contribution >= 4 is 6.29 Å². The Kier molecular flexibility index (Phi) is 10.3. The lowest BCUT2D eigenvalue weighted by Crippen LogP contribution is -1.97. The van der Waals surface area contributed by atoms with Crippen LogP contribution in [0, 0.1) is 0 Å². The Morgan fingerprint density at radius 3 is 2.18 bits per heavy atom. The van der Waals surface area contributed by atoms with Gasteiger partial charge < -0.3 is 10.8 Å². The van der Waals surface area contributed by atoms with Crippen molar-refractivity contribution in [3.8, 4) is 5.75 Å². The quantitative estimate of drug-likeness (QED) is 0.590. The van der Waals surface area contributed by atoms with Crippen LogP contribution in [0.2, 0.25) is 0 Å². The van der Waals surface area contributed by atoms with Gasteiger partial charge in [-0.1, -0.05) is 32.6 Å². The lowest BCUT2D eigenvalue weighted by atomic mass is 10.2. The van der Waals surface area contributed by atoms with E-state index in [1.165, 1.54) is 44.2 Å². The van der Waals surface area contributed by atoms with Crippen molar-refractivity contribution in [1.29, 1.82) is 0 Å².